The molecular formula is C31H53N5O7S. The summed E-state index contributed by atoms with van der Waals surface area (Å²) in [5.74, 6) is -1.39. The van der Waals surface area contributed by atoms with Gasteiger partial charge in [-0.2, -0.15) is 0 Å². The van der Waals surface area contributed by atoms with Crippen molar-refractivity contribution in [2.45, 2.75) is 146 Å². The van der Waals surface area contributed by atoms with Crippen molar-refractivity contribution in [2.24, 2.45) is 11.3 Å². The van der Waals surface area contributed by atoms with Crippen molar-refractivity contribution in [2.75, 3.05) is 12.3 Å². The van der Waals surface area contributed by atoms with Crippen LogP contribution in [0.15, 0.2) is 0 Å². The molecule has 44 heavy (non-hydrogen) atoms. The van der Waals surface area contributed by atoms with Crippen molar-refractivity contribution >= 4 is 33.6 Å². The van der Waals surface area contributed by atoms with Gasteiger partial charge >= 0.3 is 6.03 Å². The van der Waals surface area contributed by atoms with Crippen molar-refractivity contribution < 1.29 is 32.7 Å². The van der Waals surface area contributed by atoms with Gasteiger partial charge in [0.1, 0.15) is 12.1 Å². The Hall–Kier alpha value is -2.41. The summed E-state index contributed by atoms with van der Waals surface area (Å²) in [6.45, 7) is 9.62. The third kappa shape index (κ3) is 7.68. The van der Waals surface area contributed by atoms with E-state index in [4.69, 9.17) is 0 Å². The Labute approximate surface area is 262 Å². The molecule has 2 aliphatic heterocycles. The molecule has 2 heterocycles. The molecule has 12 nitrogen and oxygen atoms in total. The van der Waals surface area contributed by atoms with E-state index >= 15 is 0 Å². The second-order valence-corrected chi connectivity index (χ2v) is 16.9. The molecule has 0 radical (unpaired) electrons. The van der Waals surface area contributed by atoms with Gasteiger partial charge in [0.25, 0.3) is 5.91 Å². The summed E-state index contributed by atoms with van der Waals surface area (Å²) >= 11 is 0. The van der Waals surface area contributed by atoms with E-state index in [0.717, 1.165) is 32.1 Å². The van der Waals surface area contributed by atoms with E-state index in [1.807, 2.05) is 34.6 Å². The molecule has 5 N–H and O–H groups in total. The zero-order chi connectivity index (χ0) is 32.4. The van der Waals surface area contributed by atoms with Gasteiger partial charge < -0.3 is 31.3 Å². The standard InChI is InChI=1S/C31H53N5O7S/c1-6-10-21(24(37)27(39)32-20-11-12-20)33-26(38)23-19(2)13-17-36(23)28(40)25(30(3,4)5)34-29(41)35-31(15-8-7-9-16-31)22-14-18-44(22,42)43/h19-25,37H,6-18H2,1-5H3,(H,32,39)(H,33,38)(H2,34,35,41)/t19-,21-,22-,23-,24?,25+/m0/s1. The predicted molar refractivity (Wildman–Crippen MR) is 166 cm³/mol. The van der Waals surface area contributed by atoms with E-state index in [1.54, 1.807) is 0 Å². The monoisotopic (exact) mass is 639 g/mol. The maximum atomic E-state index is 14.1. The highest BCUT2D eigenvalue weighted by Gasteiger charge is 2.53. The minimum atomic E-state index is -3.27. The van der Waals surface area contributed by atoms with Gasteiger partial charge in [-0.15, -0.1) is 0 Å². The third-order valence-electron chi connectivity index (χ3n) is 9.96. The highest BCUT2D eigenvalue weighted by atomic mass is 32.2. The van der Waals surface area contributed by atoms with E-state index in [-0.39, 0.29) is 17.7 Å². The highest BCUT2D eigenvalue weighted by molar-refractivity contribution is 7.93. The van der Waals surface area contributed by atoms with E-state index < -0.39 is 74.0 Å². The molecule has 6 atom stereocenters. The van der Waals surface area contributed by atoms with E-state index in [1.165, 1.54) is 4.90 Å². The average molecular weight is 640 g/mol. The van der Waals surface area contributed by atoms with Crippen LogP contribution in [-0.4, -0.2) is 95.5 Å². The number of sulfone groups is 1. The number of likely N-dealkylation sites (tertiary alicyclic amines) is 1. The minimum Gasteiger partial charge on any atom is -0.381 e. The van der Waals surface area contributed by atoms with Crippen LogP contribution in [0, 0.1) is 11.3 Å². The first-order chi connectivity index (χ1) is 20.6. The van der Waals surface area contributed by atoms with Gasteiger partial charge in [-0.1, -0.05) is 60.3 Å². The SMILES string of the molecule is CCC[C@H](NC(=O)[C@@H]1[C@@H](C)CCN1C(=O)[C@@H](NC(=O)NC1([C@@H]2CCS2(=O)=O)CCCCC1)C(C)(C)C)C(O)C(=O)NC1CC1. The molecule has 1 unspecified atom stereocenters. The summed E-state index contributed by atoms with van der Waals surface area (Å²) < 4.78 is 25.3. The first kappa shape index (κ1) is 34.5. The largest absolute Gasteiger partial charge is 0.381 e. The molecule has 0 bridgehead atoms. The van der Waals surface area contributed by atoms with Crippen molar-refractivity contribution in [3.63, 3.8) is 0 Å². The average Bonchev–Trinajstić information content (AvgIpc) is 3.67. The number of carbonyl (C=O) groups excluding carboxylic acids is 4. The summed E-state index contributed by atoms with van der Waals surface area (Å²) in [6, 6.07) is -3.12. The second-order valence-electron chi connectivity index (χ2n) is 14.6. The Morgan fingerprint density at radius 2 is 1.66 bits per heavy atom. The van der Waals surface area contributed by atoms with Crippen molar-refractivity contribution in [1.29, 1.82) is 0 Å². The molecule has 2 saturated carbocycles. The van der Waals surface area contributed by atoms with Crippen LogP contribution in [0.4, 0.5) is 4.79 Å². The molecule has 2 saturated heterocycles. The highest BCUT2D eigenvalue weighted by Crippen LogP contribution is 2.40. The molecule has 4 fully saturated rings. The number of aliphatic hydroxyl groups is 1. The Balaban J connectivity index is 1.48. The van der Waals surface area contributed by atoms with Gasteiger partial charge in [-0.25, -0.2) is 13.2 Å². The van der Waals surface area contributed by atoms with Crippen molar-refractivity contribution in [1.82, 2.24) is 26.2 Å². The summed E-state index contributed by atoms with van der Waals surface area (Å²) in [7, 11) is -3.27. The fourth-order valence-corrected chi connectivity index (χ4v) is 8.98. The molecule has 13 heteroatoms. The lowest BCUT2D eigenvalue weighted by atomic mass is 9.78. The Kier molecular flexibility index (Phi) is 10.6. The molecule has 2 aliphatic carbocycles. The van der Waals surface area contributed by atoms with Gasteiger partial charge in [0.15, 0.2) is 15.9 Å². The van der Waals surface area contributed by atoms with E-state index in [2.05, 4.69) is 21.3 Å². The van der Waals surface area contributed by atoms with Crippen LogP contribution >= 0.6 is 0 Å². The maximum Gasteiger partial charge on any atom is 0.315 e. The maximum absolute atomic E-state index is 14.1. The number of nitrogens with zero attached hydrogens (tertiary/aromatic N) is 1. The lowest BCUT2D eigenvalue weighted by molar-refractivity contribution is -0.143. The van der Waals surface area contributed by atoms with Gasteiger partial charge in [0, 0.05) is 12.6 Å². The molecule has 0 aromatic rings. The number of aliphatic hydroxyl groups excluding tert-OH is 1. The lowest BCUT2D eigenvalue weighted by Gasteiger charge is -2.47. The van der Waals surface area contributed by atoms with Crippen LogP contribution in [0.2, 0.25) is 0 Å². The van der Waals surface area contributed by atoms with Crippen LogP contribution in [-0.2, 0) is 24.2 Å². The molecule has 5 amide bonds. The fraction of sp³-hybridized carbons (Fsp3) is 0.871. The van der Waals surface area contributed by atoms with Crippen LogP contribution in [0.25, 0.3) is 0 Å². The van der Waals surface area contributed by atoms with E-state index in [0.29, 0.717) is 45.1 Å². The summed E-state index contributed by atoms with van der Waals surface area (Å²) in [6.07, 6.45) is 6.27. The molecule has 0 aromatic carbocycles. The van der Waals surface area contributed by atoms with Crippen LogP contribution < -0.4 is 21.3 Å². The number of nitrogens with one attached hydrogen (secondary N) is 4. The minimum absolute atomic E-state index is 0.0724. The number of rotatable bonds is 11. The predicted octanol–water partition coefficient (Wildman–Crippen LogP) is 1.75. The van der Waals surface area contributed by atoms with Crippen molar-refractivity contribution in [3.8, 4) is 0 Å². The molecule has 4 aliphatic rings. The summed E-state index contributed by atoms with van der Waals surface area (Å²) in [4.78, 5) is 55.4. The summed E-state index contributed by atoms with van der Waals surface area (Å²) in [5, 5.41) is 21.7. The van der Waals surface area contributed by atoms with Gasteiger partial charge in [-0.05, 0) is 56.3 Å². The fourth-order valence-electron chi connectivity index (χ4n) is 7.15. The molecule has 0 spiro atoms. The van der Waals surface area contributed by atoms with Crippen LogP contribution in [0.1, 0.15) is 105 Å². The Morgan fingerprint density at radius 1 is 1.00 bits per heavy atom. The number of hydrogen-bond acceptors (Lipinski definition) is 7. The van der Waals surface area contributed by atoms with Crippen LogP contribution in [0.5, 0.6) is 0 Å². The Bertz CT molecular complexity index is 1190. The number of urea groups is 1. The molecular weight excluding hydrogens is 586 g/mol. The molecule has 0 aromatic heterocycles. The number of carbonyl (C=O) groups is 4. The quantitative estimate of drug-likeness (QED) is 0.229. The number of hydrogen-bond donors (Lipinski definition) is 5. The second kappa shape index (κ2) is 13.5. The van der Waals surface area contributed by atoms with Gasteiger partial charge in [0.05, 0.1) is 22.6 Å². The lowest BCUT2D eigenvalue weighted by Crippen LogP contribution is -2.67. The Morgan fingerprint density at radius 3 is 2.18 bits per heavy atom. The summed E-state index contributed by atoms with van der Waals surface area (Å²) in [5.41, 5.74) is -1.57. The zero-order valence-corrected chi connectivity index (χ0v) is 27.8. The van der Waals surface area contributed by atoms with Gasteiger partial charge in [-0.3, -0.25) is 14.4 Å². The first-order valence-corrected chi connectivity index (χ1v) is 18.2. The molecule has 250 valence electrons. The number of amides is 5. The smallest absolute Gasteiger partial charge is 0.315 e. The zero-order valence-electron chi connectivity index (χ0n) is 27.0. The molecule has 4 rings (SSSR count). The van der Waals surface area contributed by atoms with Crippen molar-refractivity contribution in [3.05, 3.63) is 0 Å². The third-order valence-corrected chi connectivity index (χ3v) is 12.3. The van der Waals surface area contributed by atoms with Crippen LogP contribution in [0.3, 0.4) is 0 Å². The van der Waals surface area contributed by atoms with Gasteiger partial charge in [0.2, 0.25) is 11.8 Å². The van der Waals surface area contributed by atoms with E-state index in [9.17, 15) is 32.7 Å². The topological polar surface area (TPSA) is 174 Å². The normalized spacial score (nSPS) is 28.1. The first-order valence-electron chi connectivity index (χ1n) is 16.5.